The maximum Gasteiger partial charge on any atom is 0.0963 e. The molecular formula is C9H9BrN2. The Morgan fingerprint density at radius 3 is 2.92 bits per heavy atom. The zero-order valence-electron chi connectivity index (χ0n) is 7.00. The fraction of sp³-hybridized carbons (Fsp3) is 0.222. The molecule has 1 heterocycles. The Morgan fingerprint density at radius 2 is 2.17 bits per heavy atom. The van der Waals surface area contributed by atoms with Gasteiger partial charge in [0.05, 0.1) is 5.52 Å². The fourth-order valence-electron chi connectivity index (χ4n) is 1.32. The lowest BCUT2D eigenvalue weighted by molar-refractivity contribution is 0.779. The highest BCUT2D eigenvalue weighted by Gasteiger charge is 2.03. The molecule has 0 aliphatic carbocycles. The van der Waals surface area contributed by atoms with Gasteiger partial charge in [-0.05, 0) is 18.6 Å². The molecule has 12 heavy (non-hydrogen) atoms. The summed E-state index contributed by atoms with van der Waals surface area (Å²) < 4.78 is 2.96. The summed E-state index contributed by atoms with van der Waals surface area (Å²) in [5.41, 5.74) is 2.28. The van der Waals surface area contributed by atoms with Crippen LogP contribution in [0.2, 0.25) is 0 Å². The van der Waals surface area contributed by atoms with Crippen LogP contribution in [0, 0.1) is 6.92 Å². The quantitative estimate of drug-likeness (QED) is 0.673. The normalized spacial score (nSPS) is 10.9. The van der Waals surface area contributed by atoms with E-state index in [2.05, 4.69) is 40.1 Å². The Morgan fingerprint density at radius 1 is 1.42 bits per heavy atom. The van der Waals surface area contributed by atoms with Gasteiger partial charge in [-0.15, -0.1) is 0 Å². The van der Waals surface area contributed by atoms with E-state index in [0.717, 1.165) is 9.99 Å². The molecule has 0 aliphatic rings. The summed E-state index contributed by atoms with van der Waals surface area (Å²) in [6, 6.07) is 4.12. The number of benzene rings is 1. The number of aromatic nitrogens is 2. The minimum Gasteiger partial charge on any atom is -0.275 e. The third-order valence-electron chi connectivity index (χ3n) is 1.98. The van der Waals surface area contributed by atoms with Crippen molar-refractivity contribution in [2.45, 2.75) is 6.92 Å². The molecule has 0 atom stereocenters. The van der Waals surface area contributed by atoms with Crippen molar-refractivity contribution in [1.82, 2.24) is 9.78 Å². The minimum atomic E-state index is 1.08. The first-order chi connectivity index (χ1) is 5.68. The first kappa shape index (κ1) is 7.80. The number of hydrogen-bond donors (Lipinski definition) is 0. The second-order valence-electron chi connectivity index (χ2n) is 2.91. The van der Waals surface area contributed by atoms with Gasteiger partial charge >= 0.3 is 0 Å². The minimum absolute atomic E-state index is 1.08. The van der Waals surface area contributed by atoms with E-state index < -0.39 is 0 Å². The molecule has 62 valence electrons. The number of aryl methyl sites for hydroxylation is 2. The van der Waals surface area contributed by atoms with Crippen LogP contribution in [0.15, 0.2) is 22.8 Å². The lowest BCUT2D eigenvalue weighted by Gasteiger charge is -1.96. The third kappa shape index (κ3) is 1.05. The Labute approximate surface area is 79.3 Å². The van der Waals surface area contributed by atoms with Crippen LogP contribution in [0.25, 0.3) is 10.9 Å². The molecule has 0 radical (unpaired) electrons. The molecule has 0 saturated carbocycles. The van der Waals surface area contributed by atoms with Crippen molar-refractivity contribution in [3.05, 3.63) is 28.4 Å². The van der Waals surface area contributed by atoms with Crippen molar-refractivity contribution >= 4 is 26.8 Å². The molecule has 0 bridgehead atoms. The van der Waals surface area contributed by atoms with Crippen LogP contribution in [0.3, 0.4) is 0 Å². The number of halogens is 1. The predicted octanol–water partition coefficient (Wildman–Crippen LogP) is 2.64. The van der Waals surface area contributed by atoms with E-state index in [1.54, 1.807) is 0 Å². The molecule has 3 heteroatoms. The smallest absolute Gasteiger partial charge is 0.0963 e. The molecular weight excluding hydrogens is 216 g/mol. The number of rotatable bonds is 0. The van der Waals surface area contributed by atoms with E-state index >= 15 is 0 Å². The Hall–Kier alpha value is -0.830. The Bertz CT molecular complexity index is 431. The number of nitrogens with zero attached hydrogens (tertiary/aromatic N) is 2. The summed E-state index contributed by atoms with van der Waals surface area (Å²) in [7, 11) is 1.94. The lowest BCUT2D eigenvalue weighted by Crippen LogP contribution is -1.86. The largest absolute Gasteiger partial charge is 0.275 e. The summed E-state index contributed by atoms with van der Waals surface area (Å²) in [6.45, 7) is 2.07. The molecule has 1 aromatic carbocycles. The van der Waals surface area contributed by atoms with Gasteiger partial charge in [0.2, 0.25) is 0 Å². The summed E-state index contributed by atoms with van der Waals surface area (Å²) >= 11 is 3.48. The zero-order chi connectivity index (χ0) is 8.72. The van der Waals surface area contributed by atoms with Gasteiger partial charge in [0.25, 0.3) is 0 Å². The van der Waals surface area contributed by atoms with Gasteiger partial charge in [-0.1, -0.05) is 22.0 Å². The molecule has 0 N–H and O–H groups in total. The van der Waals surface area contributed by atoms with Crippen molar-refractivity contribution in [3.8, 4) is 0 Å². The van der Waals surface area contributed by atoms with E-state index in [1.807, 2.05) is 17.9 Å². The maximum atomic E-state index is 4.36. The van der Waals surface area contributed by atoms with E-state index in [-0.39, 0.29) is 0 Å². The average molecular weight is 225 g/mol. The highest BCUT2D eigenvalue weighted by atomic mass is 79.9. The lowest BCUT2D eigenvalue weighted by atomic mass is 10.2. The molecule has 0 amide bonds. The number of fused-ring (bicyclic) bond motifs is 1. The SMILES string of the molecule is Cc1c(Br)ccc2cn(C)nc12. The van der Waals surface area contributed by atoms with Gasteiger partial charge in [-0.25, -0.2) is 0 Å². The van der Waals surface area contributed by atoms with Gasteiger partial charge in [-0.3, -0.25) is 4.68 Å². The Balaban J connectivity index is 2.89. The third-order valence-corrected chi connectivity index (χ3v) is 2.84. The van der Waals surface area contributed by atoms with Crippen molar-refractivity contribution in [1.29, 1.82) is 0 Å². The summed E-state index contributed by atoms with van der Waals surface area (Å²) in [5.74, 6) is 0. The topological polar surface area (TPSA) is 17.8 Å². The van der Waals surface area contributed by atoms with Gasteiger partial charge in [-0.2, -0.15) is 5.10 Å². The molecule has 0 saturated heterocycles. The van der Waals surface area contributed by atoms with Crippen LogP contribution in [0.4, 0.5) is 0 Å². The maximum absolute atomic E-state index is 4.36. The van der Waals surface area contributed by atoms with Crippen LogP contribution in [-0.4, -0.2) is 9.78 Å². The first-order valence-electron chi connectivity index (χ1n) is 3.77. The van der Waals surface area contributed by atoms with Crippen molar-refractivity contribution in [2.75, 3.05) is 0 Å². The van der Waals surface area contributed by atoms with E-state index in [9.17, 15) is 0 Å². The zero-order valence-corrected chi connectivity index (χ0v) is 8.59. The van der Waals surface area contributed by atoms with E-state index in [0.29, 0.717) is 0 Å². The molecule has 0 fully saturated rings. The van der Waals surface area contributed by atoms with Crippen LogP contribution < -0.4 is 0 Å². The molecule has 1 aromatic heterocycles. The monoisotopic (exact) mass is 224 g/mol. The highest BCUT2D eigenvalue weighted by Crippen LogP contribution is 2.23. The molecule has 2 nitrogen and oxygen atoms in total. The van der Waals surface area contributed by atoms with Crippen LogP contribution in [0.5, 0.6) is 0 Å². The van der Waals surface area contributed by atoms with Crippen molar-refractivity contribution in [3.63, 3.8) is 0 Å². The molecule has 2 aromatic rings. The van der Waals surface area contributed by atoms with Crippen molar-refractivity contribution < 1.29 is 0 Å². The van der Waals surface area contributed by atoms with E-state index in [4.69, 9.17) is 0 Å². The first-order valence-corrected chi connectivity index (χ1v) is 4.56. The molecule has 0 unspecified atom stereocenters. The van der Waals surface area contributed by atoms with Crippen LogP contribution >= 0.6 is 15.9 Å². The number of hydrogen-bond acceptors (Lipinski definition) is 1. The van der Waals surface area contributed by atoms with Crippen molar-refractivity contribution in [2.24, 2.45) is 7.05 Å². The fourth-order valence-corrected chi connectivity index (χ4v) is 1.64. The Kier molecular flexibility index (Phi) is 1.68. The second kappa shape index (κ2) is 2.59. The van der Waals surface area contributed by atoms with Gasteiger partial charge in [0.15, 0.2) is 0 Å². The van der Waals surface area contributed by atoms with Gasteiger partial charge in [0, 0.05) is 23.1 Å². The standard InChI is InChI=1S/C9H9BrN2/c1-6-8(10)4-3-7-5-12(2)11-9(6)7/h3-5H,1-2H3. The molecule has 0 aliphatic heterocycles. The average Bonchev–Trinajstić information content (AvgIpc) is 2.39. The van der Waals surface area contributed by atoms with Crippen LogP contribution in [0.1, 0.15) is 5.56 Å². The van der Waals surface area contributed by atoms with Gasteiger partial charge in [0.1, 0.15) is 0 Å². The van der Waals surface area contributed by atoms with Gasteiger partial charge < -0.3 is 0 Å². The molecule has 2 rings (SSSR count). The van der Waals surface area contributed by atoms with Crippen LogP contribution in [-0.2, 0) is 7.05 Å². The highest BCUT2D eigenvalue weighted by molar-refractivity contribution is 9.10. The second-order valence-corrected chi connectivity index (χ2v) is 3.77. The summed E-state index contributed by atoms with van der Waals surface area (Å²) in [6.07, 6.45) is 2.02. The van der Waals surface area contributed by atoms with E-state index in [1.165, 1.54) is 10.9 Å². The summed E-state index contributed by atoms with van der Waals surface area (Å²) in [4.78, 5) is 0. The predicted molar refractivity (Wildman–Crippen MR) is 53.2 cm³/mol. The molecule has 0 spiro atoms. The summed E-state index contributed by atoms with van der Waals surface area (Å²) in [5, 5.41) is 5.55.